The van der Waals surface area contributed by atoms with Crippen LogP contribution in [-0.2, 0) is 9.53 Å². The smallest absolute Gasteiger partial charge is 0.329 e. The summed E-state index contributed by atoms with van der Waals surface area (Å²) < 4.78 is 5.32. The van der Waals surface area contributed by atoms with Crippen LogP contribution < -0.4 is 4.90 Å². The largest absolute Gasteiger partial charge is 0.480 e. The number of H-pyrrole nitrogens is 1. The second-order valence-corrected chi connectivity index (χ2v) is 4.69. The zero-order valence-corrected chi connectivity index (χ0v) is 10.8. The van der Waals surface area contributed by atoms with Gasteiger partial charge in [0.2, 0.25) is 0 Å². The lowest BCUT2D eigenvalue weighted by Crippen LogP contribution is -2.38. The molecule has 8 nitrogen and oxygen atoms in total. The number of carboxylic acid groups (broad SMARTS) is 1. The Balaban J connectivity index is 1.66. The number of nitrogens with one attached hydrogen (secondary N) is 1. The normalized spacial score (nSPS) is 16.7. The zero-order valence-electron chi connectivity index (χ0n) is 10.8. The quantitative estimate of drug-likeness (QED) is 0.834. The molecule has 20 heavy (non-hydrogen) atoms. The van der Waals surface area contributed by atoms with Crippen molar-refractivity contribution >= 4 is 23.0 Å². The molecule has 1 aliphatic heterocycles. The summed E-state index contributed by atoms with van der Waals surface area (Å²) in [7, 11) is 0. The Morgan fingerprint density at radius 3 is 2.95 bits per heavy atom. The Bertz CT molecular complexity index is 606. The van der Waals surface area contributed by atoms with E-state index in [0.717, 1.165) is 37.3 Å². The summed E-state index contributed by atoms with van der Waals surface area (Å²) in [6.45, 7) is 1.31. The molecule has 3 heterocycles. The number of carbonyl (C=O) groups is 1. The fourth-order valence-corrected chi connectivity index (χ4v) is 2.42. The molecule has 0 spiro atoms. The molecule has 8 heteroatoms. The number of aliphatic carboxylic acids is 1. The molecule has 0 saturated carbocycles. The van der Waals surface area contributed by atoms with E-state index in [0.29, 0.717) is 5.65 Å². The lowest BCUT2D eigenvalue weighted by atomic mass is 10.1. The summed E-state index contributed by atoms with van der Waals surface area (Å²) >= 11 is 0. The molecule has 2 N–H and O–H groups in total. The maximum Gasteiger partial charge on any atom is 0.329 e. The number of imidazole rings is 1. The first-order valence-corrected chi connectivity index (χ1v) is 6.46. The van der Waals surface area contributed by atoms with Gasteiger partial charge in [-0.1, -0.05) is 0 Å². The summed E-state index contributed by atoms with van der Waals surface area (Å²) in [5.74, 6) is -0.0911. The van der Waals surface area contributed by atoms with Gasteiger partial charge in [-0.2, -0.15) is 0 Å². The molecule has 0 aliphatic carbocycles. The molecular weight excluding hydrogens is 262 g/mol. The van der Waals surface area contributed by atoms with Crippen LogP contribution in [0.15, 0.2) is 12.7 Å². The van der Waals surface area contributed by atoms with Gasteiger partial charge in [0, 0.05) is 13.1 Å². The highest BCUT2D eigenvalue weighted by molar-refractivity contribution is 5.82. The van der Waals surface area contributed by atoms with Crippen molar-refractivity contribution in [2.24, 2.45) is 0 Å². The van der Waals surface area contributed by atoms with Crippen LogP contribution in [0.4, 0.5) is 5.82 Å². The third-order valence-electron chi connectivity index (χ3n) is 3.39. The molecule has 3 rings (SSSR count). The highest BCUT2D eigenvalue weighted by Crippen LogP contribution is 2.24. The number of anilines is 1. The van der Waals surface area contributed by atoms with E-state index in [1.165, 1.54) is 6.33 Å². The van der Waals surface area contributed by atoms with Crippen molar-refractivity contribution in [2.45, 2.75) is 18.9 Å². The average molecular weight is 277 g/mol. The first-order chi connectivity index (χ1) is 9.74. The number of piperidine rings is 1. The number of ether oxygens (including phenoxy) is 1. The summed E-state index contributed by atoms with van der Waals surface area (Å²) in [5.41, 5.74) is 1.48. The lowest BCUT2D eigenvalue weighted by molar-refractivity contribution is -0.144. The van der Waals surface area contributed by atoms with Gasteiger partial charge in [-0.05, 0) is 12.8 Å². The third-order valence-corrected chi connectivity index (χ3v) is 3.39. The monoisotopic (exact) mass is 277 g/mol. The number of rotatable bonds is 4. The van der Waals surface area contributed by atoms with Gasteiger partial charge in [0.05, 0.1) is 12.4 Å². The molecule has 0 atom stereocenters. The number of carboxylic acids is 1. The van der Waals surface area contributed by atoms with E-state index in [2.05, 4.69) is 24.8 Å². The minimum Gasteiger partial charge on any atom is -0.480 e. The van der Waals surface area contributed by atoms with E-state index in [9.17, 15) is 4.79 Å². The molecule has 1 saturated heterocycles. The van der Waals surface area contributed by atoms with Gasteiger partial charge < -0.3 is 19.7 Å². The summed E-state index contributed by atoms with van der Waals surface area (Å²) in [5, 5.41) is 8.61. The highest BCUT2D eigenvalue weighted by atomic mass is 16.5. The minimum atomic E-state index is -0.928. The van der Waals surface area contributed by atoms with Crippen molar-refractivity contribution in [1.29, 1.82) is 0 Å². The first-order valence-electron chi connectivity index (χ1n) is 6.46. The minimum absolute atomic E-state index is 0.00134. The lowest BCUT2D eigenvalue weighted by Gasteiger charge is -2.32. The van der Waals surface area contributed by atoms with Crippen LogP contribution in [0.1, 0.15) is 12.8 Å². The van der Waals surface area contributed by atoms with Crippen molar-refractivity contribution in [3.05, 3.63) is 12.7 Å². The van der Waals surface area contributed by atoms with Crippen LogP contribution in [0, 0.1) is 0 Å². The van der Waals surface area contributed by atoms with E-state index >= 15 is 0 Å². The molecule has 2 aromatic heterocycles. The molecule has 0 amide bonds. The molecule has 0 unspecified atom stereocenters. The van der Waals surface area contributed by atoms with Crippen LogP contribution in [0.5, 0.6) is 0 Å². The number of hydrogen-bond donors (Lipinski definition) is 2. The molecule has 1 fully saturated rings. The maximum atomic E-state index is 10.5. The number of aromatic amines is 1. The Morgan fingerprint density at radius 2 is 2.20 bits per heavy atom. The van der Waals surface area contributed by atoms with E-state index in [-0.39, 0.29) is 12.7 Å². The van der Waals surface area contributed by atoms with Gasteiger partial charge in [0.25, 0.3) is 0 Å². The van der Waals surface area contributed by atoms with Crippen LogP contribution in [0.2, 0.25) is 0 Å². The number of nitrogens with zero attached hydrogens (tertiary/aromatic N) is 4. The van der Waals surface area contributed by atoms with Crippen molar-refractivity contribution in [3.63, 3.8) is 0 Å². The Morgan fingerprint density at radius 1 is 1.40 bits per heavy atom. The zero-order chi connectivity index (χ0) is 13.9. The number of aromatic nitrogens is 4. The van der Waals surface area contributed by atoms with E-state index < -0.39 is 5.97 Å². The van der Waals surface area contributed by atoms with Crippen LogP contribution in [0.25, 0.3) is 11.2 Å². The van der Waals surface area contributed by atoms with Crippen LogP contribution >= 0.6 is 0 Å². The Kier molecular flexibility index (Phi) is 3.46. The molecule has 106 valence electrons. The summed E-state index contributed by atoms with van der Waals surface area (Å²) in [6.07, 6.45) is 4.68. The van der Waals surface area contributed by atoms with Gasteiger partial charge in [0.15, 0.2) is 11.5 Å². The van der Waals surface area contributed by atoms with E-state index in [4.69, 9.17) is 9.84 Å². The molecule has 1 aliphatic rings. The number of hydrogen-bond acceptors (Lipinski definition) is 6. The van der Waals surface area contributed by atoms with Gasteiger partial charge in [-0.3, -0.25) is 0 Å². The van der Waals surface area contributed by atoms with Crippen molar-refractivity contribution < 1.29 is 14.6 Å². The topological polar surface area (TPSA) is 104 Å². The SMILES string of the molecule is O=C(O)COC1CCN(c2ncnc3nc[nH]c23)CC1. The predicted octanol–water partition coefficient (Wildman–Crippen LogP) is 0.423. The van der Waals surface area contributed by atoms with Crippen molar-refractivity contribution in [1.82, 2.24) is 19.9 Å². The van der Waals surface area contributed by atoms with E-state index in [1.54, 1.807) is 6.33 Å². The predicted molar refractivity (Wildman–Crippen MR) is 70.5 cm³/mol. The Labute approximate surface area is 114 Å². The van der Waals surface area contributed by atoms with Gasteiger partial charge in [0.1, 0.15) is 18.5 Å². The second kappa shape index (κ2) is 5.41. The molecular formula is C12H15N5O3. The fourth-order valence-electron chi connectivity index (χ4n) is 2.42. The molecule has 0 radical (unpaired) electrons. The molecule has 0 aromatic carbocycles. The molecule has 0 bridgehead atoms. The van der Waals surface area contributed by atoms with Gasteiger partial charge in [-0.15, -0.1) is 0 Å². The molecule has 2 aromatic rings. The van der Waals surface area contributed by atoms with Crippen LogP contribution in [0.3, 0.4) is 0 Å². The summed E-state index contributed by atoms with van der Waals surface area (Å²) in [6, 6.07) is 0. The second-order valence-electron chi connectivity index (χ2n) is 4.69. The van der Waals surface area contributed by atoms with Gasteiger partial charge >= 0.3 is 5.97 Å². The van der Waals surface area contributed by atoms with Gasteiger partial charge in [-0.25, -0.2) is 19.7 Å². The highest BCUT2D eigenvalue weighted by Gasteiger charge is 2.23. The number of fused-ring (bicyclic) bond motifs is 1. The first kappa shape index (κ1) is 12.8. The van der Waals surface area contributed by atoms with Crippen molar-refractivity contribution in [3.8, 4) is 0 Å². The maximum absolute atomic E-state index is 10.5. The third kappa shape index (κ3) is 2.55. The standard InChI is InChI=1S/C12H15N5O3/c18-9(19)5-20-8-1-3-17(4-2-8)12-10-11(14-6-13-10)15-7-16-12/h6-8H,1-5H2,(H,18,19)(H,13,14,15,16). The van der Waals surface area contributed by atoms with E-state index in [1.807, 2.05) is 0 Å². The van der Waals surface area contributed by atoms with Crippen LogP contribution in [-0.4, -0.2) is 56.8 Å². The average Bonchev–Trinajstić information content (AvgIpc) is 2.94. The summed E-state index contributed by atoms with van der Waals surface area (Å²) in [4.78, 5) is 28.2. The fraction of sp³-hybridized carbons (Fsp3) is 0.500. The Hall–Kier alpha value is -2.22. The van der Waals surface area contributed by atoms with Crippen molar-refractivity contribution in [2.75, 3.05) is 24.6 Å².